The van der Waals surface area contributed by atoms with Crippen molar-refractivity contribution in [1.29, 1.82) is 0 Å². The zero-order valence-electron chi connectivity index (χ0n) is 10.7. The van der Waals surface area contributed by atoms with Gasteiger partial charge in [-0.3, -0.25) is 0 Å². The summed E-state index contributed by atoms with van der Waals surface area (Å²) in [7, 11) is 0. The molecule has 2 rings (SSSR count). The number of halogens is 3. The van der Waals surface area contributed by atoms with Gasteiger partial charge in [0, 0.05) is 19.3 Å². The van der Waals surface area contributed by atoms with Crippen LogP contribution in [0.1, 0.15) is 25.4 Å². The summed E-state index contributed by atoms with van der Waals surface area (Å²) >= 11 is 0. The van der Waals surface area contributed by atoms with Crippen LogP contribution in [-0.2, 0) is 18.5 Å². The Hall–Kier alpha value is -1.73. The quantitative estimate of drug-likeness (QED) is 0.847. The highest BCUT2D eigenvalue weighted by atomic mass is 19.4. The van der Waals surface area contributed by atoms with Crippen LogP contribution in [0.25, 0.3) is 0 Å². The van der Waals surface area contributed by atoms with E-state index in [0.717, 1.165) is 13.8 Å². The van der Waals surface area contributed by atoms with Gasteiger partial charge in [0.05, 0.1) is 12.2 Å². The van der Waals surface area contributed by atoms with Crippen molar-refractivity contribution in [3.63, 3.8) is 0 Å². The third kappa shape index (κ3) is 2.26. The zero-order chi connectivity index (χ0) is 14.4. The molecule has 8 heteroatoms. The molecule has 1 aliphatic rings. The molecule has 0 aliphatic carbocycles. The van der Waals surface area contributed by atoms with Crippen molar-refractivity contribution in [1.82, 2.24) is 14.5 Å². The summed E-state index contributed by atoms with van der Waals surface area (Å²) in [4.78, 5) is 16.4. The first-order chi connectivity index (χ1) is 8.63. The average molecular weight is 276 g/mol. The van der Waals surface area contributed by atoms with Crippen LogP contribution in [-0.4, -0.2) is 33.2 Å². The SMILES string of the molecule is CC(C)(c1cn2c(n1)CN(C(N)=O)CC2)C(F)(F)F. The number of hydrogen-bond donors (Lipinski definition) is 1. The molecular weight excluding hydrogens is 261 g/mol. The van der Waals surface area contributed by atoms with Crippen LogP contribution in [0.2, 0.25) is 0 Å². The number of alkyl halides is 3. The molecule has 0 atom stereocenters. The Kier molecular flexibility index (Phi) is 2.98. The van der Waals surface area contributed by atoms with Crippen molar-refractivity contribution < 1.29 is 18.0 Å². The molecule has 5 nitrogen and oxygen atoms in total. The Balaban J connectivity index is 2.32. The summed E-state index contributed by atoms with van der Waals surface area (Å²) in [5.74, 6) is 0.428. The van der Waals surface area contributed by atoms with Crippen LogP contribution in [0.5, 0.6) is 0 Å². The van der Waals surface area contributed by atoms with Gasteiger partial charge in [-0.1, -0.05) is 0 Å². The monoisotopic (exact) mass is 276 g/mol. The molecule has 2 heterocycles. The Morgan fingerprint density at radius 2 is 2.00 bits per heavy atom. The van der Waals surface area contributed by atoms with Gasteiger partial charge < -0.3 is 15.2 Å². The molecule has 0 aromatic carbocycles. The van der Waals surface area contributed by atoms with Gasteiger partial charge in [0.25, 0.3) is 0 Å². The van der Waals surface area contributed by atoms with E-state index in [1.54, 1.807) is 4.57 Å². The number of nitrogens with two attached hydrogens (primary N) is 1. The number of nitrogens with zero attached hydrogens (tertiary/aromatic N) is 3. The number of carbonyl (C=O) groups is 1. The molecule has 1 aliphatic heterocycles. The topological polar surface area (TPSA) is 64.2 Å². The van der Waals surface area contributed by atoms with Crippen molar-refractivity contribution in [2.45, 2.75) is 38.5 Å². The lowest BCUT2D eigenvalue weighted by Gasteiger charge is -2.25. The number of fused-ring (bicyclic) bond motifs is 1. The Morgan fingerprint density at radius 3 is 2.53 bits per heavy atom. The number of imidazole rings is 1. The van der Waals surface area contributed by atoms with E-state index in [9.17, 15) is 18.0 Å². The van der Waals surface area contributed by atoms with E-state index in [0.29, 0.717) is 18.9 Å². The average Bonchev–Trinajstić information content (AvgIpc) is 2.70. The lowest BCUT2D eigenvalue weighted by molar-refractivity contribution is -0.181. The normalized spacial score (nSPS) is 16.4. The molecule has 0 spiro atoms. The van der Waals surface area contributed by atoms with Gasteiger partial charge in [-0.2, -0.15) is 13.2 Å². The fourth-order valence-electron chi connectivity index (χ4n) is 1.89. The molecule has 1 aromatic heterocycles. The molecule has 0 unspecified atom stereocenters. The van der Waals surface area contributed by atoms with Crippen LogP contribution in [0, 0.1) is 0 Å². The van der Waals surface area contributed by atoms with Gasteiger partial charge in [0.15, 0.2) is 0 Å². The maximum Gasteiger partial charge on any atom is 0.399 e. The second-order valence-electron chi connectivity index (χ2n) is 5.12. The molecular formula is C11H15F3N4O. The highest BCUT2D eigenvalue weighted by Crippen LogP contribution is 2.40. The number of rotatable bonds is 1. The number of urea groups is 1. The van der Waals surface area contributed by atoms with Gasteiger partial charge in [0.2, 0.25) is 0 Å². The van der Waals surface area contributed by atoms with Gasteiger partial charge in [-0.15, -0.1) is 0 Å². The molecule has 0 fully saturated rings. The summed E-state index contributed by atoms with van der Waals surface area (Å²) in [5.41, 5.74) is 3.10. The summed E-state index contributed by atoms with van der Waals surface area (Å²) < 4.78 is 40.5. The Morgan fingerprint density at radius 1 is 1.37 bits per heavy atom. The molecule has 0 radical (unpaired) electrons. The van der Waals surface area contributed by atoms with Crippen molar-refractivity contribution in [3.05, 3.63) is 17.7 Å². The molecule has 0 saturated carbocycles. The minimum Gasteiger partial charge on any atom is -0.351 e. The molecule has 19 heavy (non-hydrogen) atoms. The zero-order valence-corrected chi connectivity index (χ0v) is 10.7. The van der Waals surface area contributed by atoms with Gasteiger partial charge >= 0.3 is 12.2 Å². The lowest BCUT2D eigenvalue weighted by Crippen LogP contribution is -2.41. The smallest absolute Gasteiger partial charge is 0.351 e. The van der Waals surface area contributed by atoms with Crippen molar-refractivity contribution in [2.75, 3.05) is 6.54 Å². The number of primary amides is 1. The van der Waals surface area contributed by atoms with Crippen LogP contribution in [0.4, 0.5) is 18.0 Å². The largest absolute Gasteiger partial charge is 0.399 e. The molecule has 1 aromatic rings. The highest BCUT2D eigenvalue weighted by molar-refractivity contribution is 5.72. The third-order valence-electron chi connectivity index (χ3n) is 3.46. The highest BCUT2D eigenvalue weighted by Gasteiger charge is 2.50. The molecule has 2 amide bonds. The first-order valence-electron chi connectivity index (χ1n) is 5.80. The van der Waals surface area contributed by atoms with Gasteiger partial charge in [-0.25, -0.2) is 9.78 Å². The van der Waals surface area contributed by atoms with Crippen LogP contribution < -0.4 is 5.73 Å². The number of hydrogen-bond acceptors (Lipinski definition) is 2. The third-order valence-corrected chi connectivity index (χ3v) is 3.46. The first-order valence-corrected chi connectivity index (χ1v) is 5.80. The van der Waals surface area contributed by atoms with E-state index in [1.165, 1.54) is 11.1 Å². The van der Waals surface area contributed by atoms with E-state index >= 15 is 0 Å². The predicted molar refractivity (Wildman–Crippen MR) is 61.3 cm³/mol. The van der Waals surface area contributed by atoms with E-state index < -0.39 is 17.6 Å². The van der Waals surface area contributed by atoms with Crippen molar-refractivity contribution in [2.24, 2.45) is 5.73 Å². The first kappa shape index (κ1) is 13.7. The van der Waals surface area contributed by atoms with E-state index in [4.69, 9.17) is 5.73 Å². The maximum atomic E-state index is 13.0. The standard InChI is InChI=1S/C11H15F3N4O/c1-10(2,11(12,13)14)7-5-17-3-4-18(9(15)19)6-8(17)16-7/h5H,3-4,6H2,1-2H3,(H2,15,19). The summed E-state index contributed by atoms with van der Waals surface area (Å²) in [6.45, 7) is 3.10. The number of aromatic nitrogens is 2. The fraction of sp³-hybridized carbons (Fsp3) is 0.636. The van der Waals surface area contributed by atoms with E-state index in [2.05, 4.69) is 4.98 Å². The fourth-order valence-corrected chi connectivity index (χ4v) is 1.89. The maximum absolute atomic E-state index is 13.0. The Labute approximate surface area is 108 Å². The second kappa shape index (κ2) is 4.14. The summed E-state index contributed by atoms with van der Waals surface area (Å²) in [5, 5.41) is 0. The lowest BCUT2D eigenvalue weighted by atomic mass is 9.89. The van der Waals surface area contributed by atoms with E-state index in [-0.39, 0.29) is 12.2 Å². The van der Waals surface area contributed by atoms with Gasteiger partial charge in [-0.05, 0) is 13.8 Å². The minimum absolute atomic E-state index is 0.0404. The molecule has 0 bridgehead atoms. The minimum atomic E-state index is -4.37. The molecule has 0 saturated heterocycles. The van der Waals surface area contributed by atoms with E-state index in [1.807, 2.05) is 0 Å². The second-order valence-corrected chi connectivity index (χ2v) is 5.12. The number of carbonyl (C=O) groups excluding carboxylic acids is 1. The predicted octanol–water partition coefficient (Wildman–Crippen LogP) is 1.62. The van der Waals surface area contributed by atoms with Crippen LogP contribution >= 0.6 is 0 Å². The summed E-state index contributed by atoms with van der Waals surface area (Å²) in [6, 6.07) is -0.592. The van der Waals surface area contributed by atoms with Crippen molar-refractivity contribution >= 4 is 6.03 Å². The summed E-state index contributed by atoms with van der Waals surface area (Å²) in [6.07, 6.45) is -2.97. The number of amides is 2. The van der Waals surface area contributed by atoms with Crippen molar-refractivity contribution in [3.8, 4) is 0 Å². The van der Waals surface area contributed by atoms with Crippen LogP contribution in [0.15, 0.2) is 6.20 Å². The van der Waals surface area contributed by atoms with Crippen LogP contribution in [0.3, 0.4) is 0 Å². The van der Waals surface area contributed by atoms with Gasteiger partial charge in [0.1, 0.15) is 11.2 Å². The molecule has 106 valence electrons. The molecule has 2 N–H and O–H groups in total. The Bertz CT molecular complexity index is 507.